The van der Waals surface area contributed by atoms with Crippen LogP contribution in [0.4, 0.5) is 0 Å². The molecular weight excluding hydrogens is 92.1 g/mol. The maximum absolute atomic E-state index is 9.58. The summed E-state index contributed by atoms with van der Waals surface area (Å²) in [6.07, 6.45) is 1.30. The molecular formula is C5H8O2. The van der Waals surface area contributed by atoms with E-state index in [4.69, 9.17) is 0 Å². The molecule has 0 radical (unpaired) electrons. The van der Waals surface area contributed by atoms with E-state index in [0.717, 1.165) is 6.42 Å². The van der Waals surface area contributed by atoms with Gasteiger partial charge in [0.2, 0.25) is 0 Å². The highest BCUT2D eigenvalue weighted by molar-refractivity contribution is 5.38. The molecule has 2 nitrogen and oxygen atoms in total. The second-order valence-corrected chi connectivity index (χ2v) is 1.98. The Kier molecular flexibility index (Phi) is 1.01. The van der Waals surface area contributed by atoms with Crippen LogP contribution in [0.25, 0.3) is 0 Å². The first-order chi connectivity index (χ1) is 3.34. The molecule has 1 aliphatic carbocycles. The number of hydrogen-bond donors (Lipinski definition) is 0. The molecule has 0 heterocycles. The van der Waals surface area contributed by atoms with Gasteiger partial charge >= 0.3 is 0 Å². The van der Waals surface area contributed by atoms with Crippen LogP contribution in [0, 0.1) is 5.92 Å². The highest BCUT2D eigenvalue weighted by atomic mass is 16.5. The Morgan fingerprint density at radius 1 is 1.86 bits per heavy atom. The van der Waals surface area contributed by atoms with E-state index in [0.29, 0.717) is 12.4 Å². The lowest BCUT2D eigenvalue weighted by Crippen LogP contribution is -1.90. The van der Waals surface area contributed by atoms with Gasteiger partial charge < -0.3 is 4.74 Å². The average Bonchev–Trinajstić information content (AvgIpc) is 2.22. The van der Waals surface area contributed by atoms with Gasteiger partial charge in [0.1, 0.15) is 6.10 Å². The molecule has 0 saturated heterocycles. The van der Waals surface area contributed by atoms with Gasteiger partial charge in [-0.15, -0.1) is 0 Å². The molecule has 0 aliphatic heterocycles. The summed E-state index contributed by atoms with van der Waals surface area (Å²) >= 11 is 0. The lowest BCUT2D eigenvalue weighted by molar-refractivity contribution is -0.130. The number of carbonyl (C=O) groups excluding carboxylic acids is 1. The molecule has 2 atom stereocenters. The van der Waals surface area contributed by atoms with Crippen molar-refractivity contribution in [1.29, 1.82) is 0 Å². The van der Waals surface area contributed by atoms with E-state index in [-0.39, 0.29) is 6.10 Å². The van der Waals surface area contributed by atoms with E-state index < -0.39 is 0 Å². The standard InChI is InChI=1S/C5H8O2/c1-4-2-5(4)7-3-6/h3-5H,2H2,1H3. The van der Waals surface area contributed by atoms with Crippen molar-refractivity contribution in [2.75, 3.05) is 0 Å². The third-order valence-corrected chi connectivity index (χ3v) is 1.27. The minimum atomic E-state index is 0.248. The lowest BCUT2D eigenvalue weighted by Gasteiger charge is -1.87. The van der Waals surface area contributed by atoms with Crippen molar-refractivity contribution < 1.29 is 9.53 Å². The number of carbonyl (C=O) groups is 1. The van der Waals surface area contributed by atoms with Crippen molar-refractivity contribution in [3.63, 3.8) is 0 Å². The van der Waals surface area contributed by atoms with E-state index in [1.165, 1.54) is 0 Å². The molecule has 40 valence electrons. The third kappa shape index (κ3) is 0.918. The maximum atomic E-state index is 9.58. The molecule has 1 aliphatic rings. The zero-order valence-electron chi connectivity index (χ0n) is 4.26. The van der Waals surface area contributed by atoms with Crippen LogP contribution in [0.1, 0.15) is 13.3 Å². The van der Waals surface area contributed by atoms with Crippen molar-refractivity contribution in [2.45, 2.75) is 19.4 Å². The molecule has 1 saturated carbocycles. The van der Waals surface area contributed by atoms with Crippen LogP contribution in [0.15, 0.2) is 0 Å². The van der Waals surface area contributed by atoms with Crippen LogP contribution in [0.2, 0.25) is 0 Å². The molecule has 0 spiro atoms. The summed E-state index contributed by atoms with van der Waals surface area (Å²) in [5.41, 5.74) is 0. The topological polar surface area (TPSA) is 26.3 Å². The summed E-state index contributed by atoms with van der Waals surface area (Å²) in [6.45, 7) is 2.59. The van der Waals surface area contributed by atoms with Gasteiger partial charge in [0.15, 0.2) is 0 Å². The van der Waals surface area contributed by atoms with Crippen LogP contribution in [0.5, 0.6) is 0 Å². The van der Waals surface area contributed by atoms with Crippen molar-refractivity contribution in [3.05, 3.63) is 0 Å². The molecule has 0 bridgehead atoms. The molecule has 7 heavy (non-hydrogen) atoms. The lowest BCUT2D eigenvalue weighted by atomic mass is 10.5. The van der Waals surface area contributed by atoms with Crippen LogP contribution >= 0.6 is 0 Å². The minimum absolute atomic E-state index is 0.248. The van der Waals surface area contributed by atoms with Gasteiger partial charge in [0, 0.05) is 0 Å². The SMILES string of the molecule is CC1CC1OC=O. The Morgan fingerprint density at radius 2 is 2.43 bits per heavy atom. The van der Waals surface area contributed by atoms with E-state index in [1.54, 1.807) is 0 Å². The first kappa shape index (κ1) is 4.62. The van der Waals surface area contributed by atoms with Gasteiger partial charge in [-0.25, -0.2) is 0 Å². The predicted octanol–water partition coefficient (Wildman–Crippen LogP) is 0.568. The fourth-order valence-corrected chi connectivity index (χ4v) is 0.549. The van der Waals surface area contributed by atoms with Gasteiger partial charge in [0.05, 0.1) is 0 Å². The molecule has 0 aromatic heterocycles. The largest absolute Gasteiger partial charge is 0.464 e. The summed E-state index contributed by atoms with van der Waals surface area (Å²) < 4.78 is 4.58. The average molecular weight is 100 g/mol. The van der Waals surface area contributed by atoms with Crippen LogP contribution < -0.4 is 0 Å². The van der Waals surface area contributed by atoms with Crippen molar-refractivity contribution >= 4 is 6.47 Å². The second kappa shape index (κ2) is 1.52. The van der Waals surface area contributed by atoms with Crippen LogP contribution in [-0.2, 0) is 9.53 Å². The Labute approximate surface area is 42.5 Å². The Hall–Kier alpha value is -0.530. The van der Waals surface area contributed by atoms with E-state index >= 15 is 0 Å². The zero-order valence-corrected chi connectivity index (χ0v) is 4.26. The molecule has 2 heteroatoms. The summed E-state index contributed by atoms with van der Waals surface area (Å²) in [5, 5.41) is 0. The quantitative estimate of drug-likeness (QED) is 0.474. The molecule has 1 rings (SSSR count). The van der Waals surface area contributed by atoms with Gasteiger partial charge in [-0.2, -0.15) is 0 Å². The smallest absolute Gasteiger partial charge is 0.293 e. The fourth-order valence-electron chi connectivity index (χ4n) is 0.549. The highest BCUT2D eigenvalue weighted by Crippen LogP contribution is 2.31. The summed E-state index contributed by atoms with van der Waals surface area (Å²) in [7, 11) is 0. The second-order valence-electron chi connectivity index (χ2n) is 1.98. The molecule has 0 aromatic carbocycles. The van der Waals surface area contributed by atoms with E-state index in [9.17, 15) is 4.79 Å². The number of rotatable bonds is 2. The molecule has 0 N–H and O–H groups in total. The van der Waals surface area contributed by atoms with Gasteiger partial charge in [-0.3, -0.25) is 4.79 Å². The Morgan fingerprint density at radius 3 is 2.57 bits per heavy atom. The van der Waals surface area contributed by atoms with Crippen LogP contribution in [0.3, 0.4) is 0 Å². The minimum Gasteiger partial charge on any atom is -0.464 e. The Bertz CT molecular complexity index is 80.1. The maximum Gasteiger partial charge on any atom is 0.293 e. The molecule has 1 fully saturated rings. The summed E-state index contributed by atoms with van der Waals surface area (Å²) in [4.78, 5) is 9.58. The number of ether oxygens (including phenoxy) is 1. The summed E-state index contributed by atoms with van der Waals surface area (Å²) in [6, 6.07) is 0. The Balaban J connectivity index is 2.08. The van der Waals surface area contributed by atoms with Crippen molar-refractivity contribution in [1.82, 2.24) is 0 Å². The highest BCUT2D eigenvalue weighted by Gasteiger charge is 2.34. The van der Waals surface area contributed by atoms with Gasteiger partial charge in [-0.1, -0.05) is 6.92 Å². The molecule has 0 aromatic rings. The molecule has 0 amide bonds. The monoisotopic (exact) mass is 100 g/mol. The van der Waals surface area contributed by atoms with Crippen LogP contribution in [-0.4, -0.2) is 12.6 Å². The zero-order chi connectivity index (χ0) is 5.28. The molecule has 2 unspecified atom stereocenters. The van der Waals surface area contributed by atoms with E-state index in [2.05, 4.69) is 11.7 Å². The van der Waals surface area contributed by atoms with Crippen molar-refractivity contribution in [3.8, 4) is 0 Å². The third-order valence-electron chi connectivity index (χ3n) is 1.27. The predicted molar refractivity (Wildman–Crippen MR) is 24.7 cm³/mol. The van der Waals surface area contributed by atoms with Gasteiger partial charge in [-0.05, 0) is 12.3 Å². The normalized spacial score (nSPS) is 37.3. The van der Waals surface area contributed by atoms with E-state index in [1.807, 2.05) is 0 Å². The fraction of sp³-hybridized carbons (Fsp3) is 0.800. The summed E-state index contributed by atoms with van der Waals surface area (Å²) in [5.74, 6) is 0.616. The van der Waals surface area contributed by atoms with Crippen molar-refractivity contribution in [2.24, 2.45) is 5.92 Å². The first-order valence-corrected chi connectivity index (χ1v) is 2.43. The number of hydrogen-bond acceptors (Lipinski definition) is 2. The first-order valence-electron chi connectivity index (χ1n) is 2.43. The van der Waals surface area contributed by atoms with Gasteiger partial charge in [0.25, 0.3) is 6.47 Å².